The van der Waals surface area contributed by atoms with Crippen LogP contribution in [0.25, 0.3) is 5.70 Å². The van der Waals surface area contributed by atoms with E-state index in [4.69, 9.17) is 9.73 Å². The first-order valence-corrected chi connectivity index (χ1v) is 9.74. The van der Waals surface area contributed by atoms with Crippen LogP contribution >= 0.6 is 0 Å². The van der Waals surface area contributed by atoms with E-state index in [1.54, 1.807) is 7.05 Å². The minimum absolute atomic E-state index is 0.104. The quantitative estimate of drug-likeness (QED) is 0.431. The van der Waals surface area contributed by atoms with Gasteiger partial charge in [0.2, 0.25) is 0 Å². The van der Waals surface area contributed by atoms with Crippen LogP contribution in [0.4, 0.5) is 5.69 Å². The minimum atomic E-state index is 0.104. The van der Waals surface area contributed by atoms with E-state index >= 15 is 0 Å². The van der Waals surface area contributed by atoms with Gasteiger partial charge < -0.3 is 10.1 Å². The predicted molar refractivity (Wildman–Crippen MR) is 118 cm³/mol. The van der Waals surface area contributed by atoms with Gasteiger partial charge in [-0.15, -0.1) is 0 Å². The maximum absolute atomic E-state index is 10.8. The van der Waals surface area contributed by atoms with Crippen molar-refractivity contribution in [3.8, 4) is 5.75 Å². The molecule has 0 aliphatic rings. The first-order valence-electron chi connectivity index (χ1n) is 9.74. The van der Waals surface area contributed by atoms with E-state index in [0.717, 1.165) is 41.1 Å². The van der Waals surface area contributed by atoms with Gasteiger partial charge in [-0.25, -0.2) is 0 Å². The van der Waals surface area contributed by atoms with Crippen molar-refractivity contribution in [3.63, 3.8) is 0 Å². The van der Waals surface area contributed by atoms with Crippen LogP contribution in [0.2, 0.25) is 0 Å². The number of ether oxygens (including phenoxy) is 1. The molecule has 0 spiro atoms. The molecule has 1 unspecified atom stereocenters. The SMILES string of the molecule is CCCC(C)=N/C(=C\C(C)c1ccc(NC)c(OC=O)c1)c1ccccc1C. The lowest BCUT2D eigenvalue weighted by atomic mass is 9.96. The van der Waals surface area contributed by atoms with Crippen molar-refractivity contribution in [1.82, 2.24) is 0 Å². The number of carbonyl (C=O) groups is 1. The van der Waals surface area contributed by atoms with E-state index < -0.39 is 0 Å². The van der Waals surface area contributed by atoms with Crippen molar-refractivity contribution >= 4 is 23.6 Å². The summed E-state index contributed by atoms with van der Waals surface area (Å²) < 4.78 is 5.13. The summed E-state index contributed by atoms with van der Waals surface area (Å²) in [6.07, 6.45) is 4.23. The van der Waals surface area contributed by atoms with Crippen LogP contribution in [0.1, 0.15) is 56.2 Å². The van der Waals surface area contributed by atoms with E-state index in [1.807, 2.05) is 30.3 Å². The second-order valence-corrected chi connectivity index (χ2v) is 6.97. The standard InChI is InChI=1S/C24H30N2O2/c1-6-9-19(4)26-23(21-11-8-7-10-17(21)2)14-18(3)20-12-13-22(25-5)24(15-20)28-16-27/h7-8,10-16,18,25H,6,9H2,1-5H3/b23-14-,26-19?. The normalized spacial score (nSPS) is 13.2. The number of nitrogens with one attached hydrogen (secondary N) is 1. The van der Waals surface area contributed by atoms with Gasteiger partial charge >= 0.3 is 0 Å². The van der Waals surface area contributed by atoms with Gasteiger partial charge in [-0.3, -0.25) is 9.79 Å². The van der Waals surface area contributed by atoms with E-state index in [-0.39, 0.29) is 5.92 Å². The largest absolute Gasteiger partial charge is 0.427 e. The maximum Gasteiger partial charge on any atom is 0.298 e. The number of rotatable bonds is 9. The molecular weight excluding hydrogens is 348 g/mol. The zero-order chi connectivity index (χ0) is 20.5. The second-order valence-electron chi connectivity index (χ2n) is 6.97. The van der Waals surface area contributed by atoms with Crippen LogP contribution in [-0.4, -0.2) is 19.2 Å². The zero-order valence-electron chi connectivity index (χ0n) is 17.5. The molecule has 4 heteroatoms. The third-order valence-electron chi connectivity index (χ3n) is 4.73. The molecular formula is C24H30N2O2. The zero-order valence-corrected chi connectivity index (χ0v) is 17.5. The number of carbonyl (C=O) groups excluding carboxylic acids is 1. The summed E-state index contributed by atoms with van der Waals surface area (Å²) in [5.41, 5.74) is 6.28. The summed E-state index contributed by atoms with van der Waals surface area (Å²) in [6, 6.07) is 14.2. The second kappa shape index (κ2) is 10.5. The molecule has 4 nitrogen and oxygen atoms in total. The fourth-order valence-electron chi connectivity index (χ4n) is 3.18. The van der Waals surface area contributed by atoms with Gasteiger partial charge in [0, 0.05) is 24.2 Å². The van der Waals surface area contributed by atoms with Crippen molar-refractivity contribution < 1.29 is 9.53 Å². The molecule has 0 amide bonds. The van der Waals surface area contributed by atoms with Gasteiger partial charge in [-0.2, -0.15) is 0 Å². The van der Waals surface area contributed by atoms with Crippen LogP contribution in [0.15, 0.2) is 53.5 Å². The molecule has 0 fully saturated rings. The summed E-state index contributed by atoms with van der Waals surface area (Å²) >= 11 is 0. The highest BCUT2D eigenvalue weighted by molar-refractivity contribution is 5.88. The molecule has 2 aromatic rings. The van der Waals surface area contributed by atoms with Crippen molar-refractivity contribution in [1.29, 1.82) is 0 Å². The Labute approximate surface area is 168 Å². The Morgan fingerprint density at radius 1 is 1.25 bits per heavy atom. The molecule has 0 aliphatic carbocycles. The Morgan fingerprint density at radius 3 is 2.64 bits per heavy atom. The molecule has 0 heterocycles. The lowest BCUT2D eigenvalue weighted by molar-refractivity contribution is -0.120. The van der Waals surface area contributed by atoms with Gasteiger partial charge in [0.25, 0.3) is 6.47 Å². The third kappa shape index (κ3) is 5.56. The van der Waals surface area contributed by atoms with Gasteiger partial charge in [0.15, 0.2) is 5.75 Å². The van der Waals surface area contributed by atoms with Crippen LogP contribution in [0.5, 0.6) is 5.75 Å². The highest BCUT2D eigenvalue weighted by Crippen LogP contribution is 2.31. The molecule has 2 rings (SSSR count). The summed E-state index contributed by atoms with van der Waals surface area (Å²) in [5.74, 6) is 0.631. The van der Waals surface area contributed by atoms with Crippen LogP contribution in [0.3, 0.4) is 0 Å². The van der Waals surface area contributed by atoms with Crippen molar-refractivity contribution in [2.45, 2.75) is 46.5 Å². The lowest BCUT2D eigenvalue weighted by Gasteiger charge is -2.15. The van der Waals surface area contributed by atoms with E-state index in [9.17, 15) is 4.79 Å². The highest BCUT2D eigenvalue weighted by Gasteiger charge is 2.12. The molecule has 0 saturated carbocycles. The number of aryl methyl sites for hydroxylation is 1. The molecule has 1 N–H and O–H groups in total. The van der Waals surface area contributed by atoms with Gasteiger partial charge in [-0.1, -0.05) is 56.7 Å². The Balaban J connectivity index is 2.48. The number of hydrogen-bond donors (Lipinski definition) is 1. The van der Waals surface area contributed by atoms with Crippen molar-refractivity contribution in [2.75, 3.05) is 12.4 Å². The predicted octanol–water partition coefficient (Wildman–Crippen LogP) is 5.98. The first kappa shape index (κ1) is 21.4. The molecule has 148 valence electrons. The maximum atomic E-state index is 10.8. The topological polar surface area (TPSA) is 50.7 Å². The number of allylic oxidation sites excluding steroid dienone is 1. The Morgan fingerprint density at radius 2 is 2.00 bits per heavy atom. The van der Waals surface area contributed by atoms with Crippen molar-refractivity contribution in [3.05, 3.63) is 65.2 Å². The smallest absolute Gasteiger partial charge is 0.298 e. The number of benzene rings is 2. The van der Waals surface area contributed by atoms with Crippen molar-refractivity contribution in [2.24, 2.45) is 4.99 Å². The van der Waals surface area contributed by atoms with Gasteiger partial charge in [0.05, 0.1) is 11.4 Å². The summed E-state index contributed by atoms with van der Waals surface area (Å²) in [7, 11) is 1.80. The molecule has 2 aromatic carbocycles. The van der Waals surface area contributed by atoms with Gasteiger partial charge in [0.1, 0.15) is 0 Å². The van der Waals surface area contributed by atoms with E-state index in [0.29, 0.717) is 12.2 Å². The van der Waals surface area contributed by atoms with E-state index in [1.165, 1.54) is 5.56 Å². The molecule has 0 radical (unpaired) electrons. The van der Waals surface area contributed by atoms with Crippen LogP contribution in [-0.2, 0) is 4.79 Å². The molecule has 0 aliphatic heterocycles. The molecule has 0 saturated heterocycles. The average molecular weight is 379 g/mol. The highest BCUT2D eigenvalue weighted by atomic mass is 16.5. The van der Waals surface area contributed by atoms with Crippen LogP contribution < -0.4 is 10.1 Å². The number of nitrogens with zero attached hydrogens (tertiary/aromatic N) is 1. The molecule has 28 heavy (non-hydrogen) atoms. The summed E-state index contributed by atoms with van der Waals surface area (Å²) in [5, 5.41) is 3.04. The summed E-state index contributed by atoms with van der Waals surface area (Å²) in [6.45, 7) is 8.94. The first-order chi connectivity index (χ1) is 13.5. The molecule has 0 bridgehead atoms. The third-order valence-corrected chi connectivity index (χ3v) is 4.73. The summed E-state index contributed by atoms with van der Waals surface area (Å²) in [4.78, 5) is 15.8. The molecule has 0 aromatic heterocycles. The van der Waals surface area contributed by atoms with Gasteiger partial charge in [-0.05, 0) is 43.5 Å². The number of anilines is 1. The Kier molecular flexibility index (Phi) is 8.00. The Hall–Kier alpha value is -2.88. The molecule has 1 atom stereocenters. The fourth-order valence-corrected chi connectivity index (χ4v) is 3.18. The number of aliphatic imine (C=N–C) groups is 1. The monoisotopic (exact) mass is 378 g/mol. The Bertz CT molecular complexity index is 869. The minimum Gasteiger partial charge on any atom is -0.427 e. The lowest BCUT2D eigenvalue weighted by Crippen LogP contribution is -2.00. The average Bonchev–Trinajstić information content (AvgIpc) is 2.68. The van der Waals surface area contributed by atoms with Crippen LogP contribution in [0, 0.1) is 6.92 Å². The fraction of sp³-hybridized carbons (Fsp3) is 0.333. The number of hydrogen-bond acceptors (Lipinski definition) is 4. The van der Waals surface area contributed by atoms with E-state index in [2.05, 4.69) is 51.2 Å².